The van der Waals surface area contributed by atoms with E-state index < -0.39 is 24.1 Å². The number of esters is 2. The first kappa shape index (κ1) is 52.1. The van der Waals surface area contributed by atoms with Crippen molar-refractivity contribution in [3.63, 3.8) is 0 Å². The average Bonchev–Trinajstić information content (AvgIpc) is 3.16. The van der Waals surface area contributed by atoms with Gasteiger partial charge < -0.3 is 24.0 Å². The topological polar surface area (TPSA) is 85.4 Å². The summed E-state index contributed by atoms with van der Waals surface area (Å²) in [5, 5.41) is 0. The predicted octanol–water partition coefficient (Wildman–Crippen LogP) is 12.5. The van der Waals surface area contributed by atoms with Crippen molar-refractivity contribution in [2.24, 2.45) is 0 Å². The lowest BCUT2D eigenvalue weighted by Crippen LogP contribution is -2.38. The molecule has 0 aromatic rings. The van der Waals surface area contributed by atoms with Crippen LogP contribution in [-0.4, -0.2) is 81.4 Å². The Labute approximate surface area is 338 Å². The van der Waals surface area contributed by atoms with Gasteiger partial charge in [-0.25, -0.2) is 9.59 Å². The first-order chi connectivity index (χ1) is 26.8. The molecule has 8 heteroatoms. The number of allylic oxidation sites excluding steroid dienone is 8. The molecule has 55 heavy (non-hydrogen) atoms. The zero-order chi connectivity index (χ0) is 40.5. The summed E-state index contributed by atoms with van der Waals surface area (Å²) in [6, 6.07) is 0. The zero-order valence-corrected chi connectivity index (χ0v) is 36.3. The maximum atomic E-state index is 13.0. The normalized spacial score (nSPS) is 12.5. The van der Waals surface area contributed by atoms with Crippen molar-refractivity contribution in [2.75, 3.05) is 47.4 Å². The van der Waals surface area contributed by atoms with Gasteiger partial charge >= 0.3 is 18.0 Å². The molecule has 0 saturated carbocycles. The minimum absolute atomic E-state index is 0.238. The summed E-state index contributed by atoms with van der Waals surface area (Å²) in [7, 11) is 5.58. The van der Waals surface area contributed by atoms with Gasteiger partial charge in [0.15, 0.2) is 0 Å². The molecule has 0 spiro atoms. The number of unbranched alkanes of at least 4 members (excludes halogenated alkanes) is 18. The van der Waals surface area contributed by atoms with Crippen molar-refractivity contribution in [3.05, 3.63) is 48.6 Å². The molecule has 8 nitrogen and oxygen atoms in total. The van der Waals surface area contributed by atoms with Gasteiger partial charge in [-0.1, -0.05) is 140 Å². The van der Waals surface area contributed by atoms with Gasteiger partial charge in [0.25, 0.3) is 0 Å². The van der Waals surface area contributed by atoms with Gasteiger partial charge in [0.05, 0.1) is 19.6 Å². The minimum Gasteiger partial charge on any atom is -0.466 e. The first-order valence-corrected chi connectivity index (χ1v) is 22.3. The largest absolute Gasteiger partial charge is 0.466 e. The van der Waals surface area contributed by atoms with E-state index in [9.17, 15) is 14.4 Å². The fraction of sp³-hybridized carbons (Fsp3) is 0.766. The van der Waals surface area contributed by atoms with Crippen LogP contribution in [0.2, 0.25) is 0 Å². The number of nitrogens with zero attached hydrogens (tertiary/aromatic N) is 2. The summed E-state index contributed by atoms with van der Waals surface area (Å²) in [5.41, 5.74) is 0. The molecule has 0 aromatic heterocycles. The van der Waals surface area contributed by atoms with Crippen molar-refractivity contribution in [1.29, 1.82) is 0 Å². The molecule has 0 aliphatic rings. The highest BCUT2D eigenvalue weighted by Crippen LogP contribution is 2.12. The third-order valence-corrected chi connectivity index (χ3v) is 9.47. The van der Waals surface area contributed by atoms with Gasteiger partial charge in [-0.3, -0.25) is 4.79 Å². The molecule has 1 atom stereocenters. The molecule has 0 aliphatic carbocycles. The lowest BCUT2D eigenvalue weighted by molar-refractivity contribution is -0.160. The number of ether oxygens (including phenoxy) is 3. The molecule has 0 heterocycles. The van der Waals surface area contributed by atoms with Crippen LogP contribution in [0.1, 0.15) is 181 Å². The highest BCUT2D eigenvalue weighted by atomic mass is 16.6. The van der Waals surface area contributed by atoms with E-state index in [-0.39, 0.29) is 13.0 Å². The van der Waals surface area contributed by atoms with Gasteiger partial charge in [0, 0.05) is 13.6 Å². The van der Waals surface area contributed by atoms with E-state index >= 15 is 0 Å². The lowest BCUT2D eigenvalue weighted by atomic mass is 10.1. The third-order valence-electron chi connectivity index (χ3n) is 9.47. The van der Waals surface area contributed by atoms with Crippen LogP contribution in [0.15, 0.2) is 48.6 Å². The Morgan fingerprint density at radius 2 is 0.909 bits per heavy atom. The second-order valence-corrected chi connectivity index (χ2v) is 15.2. The number of carbonyl (C=O) groups excluding carboxylic acids is 3. The minimum atomic E-state index is -1.32. The maximum absolute atomic E-state index is 13.0. The molecule has 318 valence electrons. The Morgan fingerprint density at radius 3 is 1.36 bits per heavy atom. The van der Waals surface area contributed by atoms with Crippen LogP contribution in [0.5, 0.6) is 0 Å². The average molecular weight is 773 g/mol. The van der Waals surface area contributed by atoms with E-state index in [1.54, 1.807) is 7.05 Å². The van der Waals surface area contributed by atoms with Crippen LogP contribution in [0, 0.1) is 0 Å². The van der Waals surface area contributed by atoms with Crippen LogP contribution in [0.4, 0.5) is 4.79 Å². The van der Waals surface area contributed by atoms with Crippen LogP contribution >= 0.6 is 0 Å². The van der Waals surface area contributed by atoms with Gasteiger partial charge in [-0.15, -0.1) is 0 Å². The van der Waals surface area contributed by atoms with E-state index in [1.807, 2.05) is 19.0 Å². The zero-order valence-electron chi connectivity index (χ0n) is 36.3. The number of amides is 1. The Kier molecular flexibility index (Phi) is 38.7. The third kappa shape index (κ3) is 37.8. The number of rotatable bonds is 38. The van der Waals surface area contributed by atoms with E-state index in [0.29, 0.717) is 13.2 Å². The quantitative estimate of drug-likeness (QED) is 0.0267. The molecule has 0 unspecified atom stereocenters. The molecular weight excluding hydrogens is 689 g/mol. The molecular formula is C47H84N2O6. The summed E-state index contributed by atoms with van der Waals surface area (Å²) in [6.45, 7) is 6.30. The first-order valence-electron chi connectivity index (χ1n) is 22.3. The fourth-order valence-corrected chi connectivity index (χ4v) is 5.94. The van der Waals surface area contributed by atoms with Crippen molar-refractivity contribution in [2.45, 2.75) is 187 Å². The number of carbonyl (C=O) groups is 3. The standard InChI is InChI=1S/C47H84N2O6/c1-6-8-10-12-14-16-18-20-22-24-26-28-30-32-34-36-41-53-45(50)43-44(55-47(52)49(5)40-38-39-48(3)4)46(51)54-42-37-35-33-31-29-27-25-23-21-19-17-15-13-11-9-7-2/h14-17,20-23,44H,6-13,18-19,24-43H2,1-5H3/b16-14-,17-15-,22-20-,23-21-/t44-/m0/s1. The van der Waals surface area contributed by atoms with E-state index in [2.05, 4.69) is 62.5 Å². The SMILES string of the molecule is CCCCC/C=C\C/C=C\CCCCCCCCOC(=O)C[C@H](OC(=O)N(C)CCCN(C)C)C(=O)OCCCCCCCC/C=C\C/C=C\CCCCC. The highest BCUT2D eigenvalue weighted by Gasteiger charge is 2.29. The van der Waals surface area contributed by atoms with Gasteiger partial charge in [-0.2, -0.15) is 0 Å². The Bertz CT molecular complexity index is 1020. The van der Waals surface area contributed by atoms with Crippen molar-refractivity contribution < 1.29 is 28.6 Å². The summed E-state index contributed by atoms with van der Waals surface area (Å²) < 4.78 is 16.4. The number of hydrogen-bond donors (Lipinski definition) is 0. The molecule has 0 aliphatic heterocycles. The van der Waals surface area contributed by atoms with E-state index in [4.69, 9.17) is 14.2 Å². The molecule has 0 bridgehead atoms. The summed E-state index contributed by atoms with van der Waals surface area (Å²) >= 11 is 0. The lowest BCUT2D eigenvalue weighted by Gasteiger charge is -2.22. The summed E-state index contributed by atoms with van der Waals surface area (Å²) in [5.74, 6) is -1.25. The Balaban J connectivity index is 4.35. The summed E-state index contributed by atoms with van der Waals surface area (Å²) in [6.07, 6.45) is 43.8. The van der Waals surface area contributed by atoms with Crippen LogP contribution in [0.25, 0.3) is 0 Å². The Morgan fingerprint density at radius 1 is 0.491 bits per heavy atom. The van der Waals surface area contributed by atoms with Crippen molar-refractivity contribution in [3.8, 4) is 0 Å². The monoisotopic (exact) mass is 773 g/mol. The molecule has 0 rings (SSSR count). The van der Waals surface area contributed by atoms with Crippen LogP contribution in [-0.2, 0) is 23.8 Å². The highest BCUT2D eigenvalue weighted by molar-refractivity contribution is 5.84. The summed E-state index contributed by atoms with van der Waals surface area (Å²) in [4.78, 5) is 41.9. The van der Waals surface area contributed by atoms with E-state index in [0.717, 1.165) is 83.6 Å². The van der Waals surface area contributed by atoms with Gasteiger partial charge in [-0.05, 0) is 104 Å². The van der Waals surface area contributed by atoms with Gasteiger partial charge in [0.2, 0.25) is 6.10 Å². The molecule has 0 saturated heterocycles. The van der Waals surface area contributed by atoms with Crippen molar-refractivity contribution >= 4 is 18.0 Å². The second kappa shape index (κ2) is 40.8. The maximum Gasteiger partial charge on any atom is 0.410 e. The van der Waals surface area contributed by atoms with Crippen molar-refractivity contribution in [1.82, 2.24) is 9.80 Å². The van der Waals surface area contributed by atoms with Gasteiger partial charge in [0.1, 0.15) is 0 Å². The Hall–Kier alpha value is -2.87. The molecule has 0 fully saturated rings. The molecule has 1 amide bonds. The number of hydrogen-bond acceptors (Lipinski definition) is 7. The fourth-order valence-electron chi connectivity index (χ4n) is 5.94. The van der Waals surface area contributed by atoms with Crippen LogP contribution in [0.3, 0.4) is 0 Å². The van der Waals surface area contributed by atoms with Crippen LogP contribution < -0.4 is 0 Å². The van der Waals surface area contributed by atoms with E-state index in [1.165, 1.54) is 88.4 Å². The molecule has 0 aromatic carbocycles. The molecule has 0 radical (unpaired) electrons. The molecule has 0 N–H and O–H groups in total. The smallest absolute Gasteiger partial charge is 0.410 e. The predicted molar refractivity (Wildman–Crippen MR) is 231 cm³/mol. The second-order valence-electron chi connectivity index (χ2n) is 15.2.